The van der Waals surface area contributed by atoms with E-state index in [1.165, 1.54) is 7.11 Å². The summed E-state index contributed by atoms with van der Waals surface area (Å²) in [7, 11) is 3.06. The van der Waals surface area contributed by atoms with Gasteiger partial charge in [0.15, 0.2) is 0 Å². The van der Waals surface area contributed by atoms with Crippen LogP contribution in [0.3, 0.4) is 0 Å². The lowest BCUT2D eigenvalue weighted by atomic mass is 9.90. The molecule has 2 aromatic carbocycles. The van der Waals surface area contributed by atoms with Crippen LogP contribution in [-0.2, 0) is 25.5 Å². The molecule has 1 heterocycles. The summed E-state index contributed by atoms with van der Waals surface area (Å²) >= 11 is 6.48. The van der Waals surface area contributed by atoms with Crippen LogP contribution < -0.4 is 0 Å². The van der Waals surface area contributed by atoms with Crippen LogP contribution in [0.5, 0.6) is 0 Å². The van der Waals surface area contributed by atoms with Gasteiger partial charge < -0.3 is 34.4 Å². The molecule has 1 aliphatic rings. The number of methoxy groups -OCH3 is 2. The van der Waals surface area contributed by atoms with Crippen molar-refractivity contribution in [1.82, 2.24) is 0 Å². The third-order valence-corrected chi connectivity index (χ3v) is 6.25. The van der Waals surface area contributed by atoms with E-state index in [0.717, 1.165) is 28.0 Å². The maximum absolute atomic E-state index is 10.5. The Kier molecular flexibility index (Phi) is 9.85. The molecule has 0 aliphatic carbocycles. The Morgan fingerprint density at radius 2 is 1.79 bits per heavy atom. The summed E-state index contributed by atoms with van der Waals surface area (Å²) in [5.74, 6) is 0. The number of aliphatic hydroxyl groups excluding tert-OH is 3. The predicted octanol–water partition coefficient (Wildman–Crippen LogP) is 2.49. The minimum absolute atomic E-state index is 0.393. The van der Waals surface area contributed by atoms with Gasteiger partial charge in [0.1, 0.15) is 37.1 Å². The Morgan fingerprint density at radius 3 is 2.44 bits per heavy atom. The first-order valence-electron chi connectivity index (χ1n) is 11.1. The zero-order valence-electron chi connectivity index (χ0n) is 19.6. The van der Waals surface area contributed by atoms with E-state index in [4.69, 9.17) is 30.6 Å². The average molecular weight is 494 g/mol. The molecule has 8 nitrogen and oxygen atoms in total. The first-order valence-corrected chi connectivity index (χ1v) is 11.5. The molecule has 3 rings (SSSR count). The van der Waals surface area contributed by atoms with E-state index in [2.05, 4.69) is 5.16 Å². The van der Waals surface area contributed by atoms with Crippen LogP contribution in [0.2, 0.25) is 5.02 Å². The second-order valence-corrected chi connectivity index (χ2v) is 8.59. The summed E-state index contributed by atoms with van der Waals surface area (Å²) in [4.78, 5) is 5.22. The number of oxime groups is 1. The van der Waals surface area contributed by atoms with E-state index in [1.807, 2.05) is 37.3 Å². The van der Waals surface area contributed by atoms with E-state index in [9.17, 15) is 15.3 Å². The molecule has 0 radical (unpaired) electrons. The van der Waals surface area contributed by atoms with Gasteiger partial charge in [-0.05, 0) is 41.7 Å². The Labute approximate surface area is 204 Å². The van der Waals surface area contributed by atoms with Crippen LogP contribution in [0.15, 0.2) is 47.6 Å². The molecule has 0 bridgehead atoms. The molecular weight excluding hydrogens is 462 g/mol. The fraction of sp³-hybridized carbons (Fsp3) is 0.480. The van der Waals surface area contributed by atoms with Gasteiger partial charge in [-0.15, -0.1) is 0 Å². The van der Waals surface area contributed by atoms with Crippen molar-refractivity contribution in [3.8, 4) is 0 Å². The van der Waals surface area contributed by atoms with Crippen molar-refractivity contribution in [3.63, 3.8) is 0 Å². The zero-order chi connectivity index (χ0) is 24.7. The van der Waals surface area contributed by atoms with Gasteiger partial charge in [0.25, 0.3) is 0 Å². The van der Waals surface area contributed by atoms with E-state index in [-0.39, 0.29) is 0 Å². The summed E-state index contributed by atoms with van der Waals surface area (Å²) in [6.07, 6.45) is -4.24. The van der Waals surface area contributed by atoms with Crippen molar-refractivity contribution in [1.29, 1.82) is 0 Å². The highest BCUT2D eigenvalue weighted by Gasteiger charge is 2.45. The largest absolute Gasteiger partial charge is 0.394 e. The Balaban J connectivity index is 1.76. The summed E-state index contributed by atoms with van der Waals surface area (Å²) in [5, 5.41) is 34.9. The monoisotopic (exact) mass is 493 g/mol. The molecule has 0 amide bonds. The Bertz CT molecular complexity index is 953. The molecule has 9 heteroatoms. The second kappa shape index (κ2) is 12.6. The van der Waals surface area contributed by atoms with Crippen molar-refractivity contribution in [2.45, 2.75) is 43.9 Å². The summed E-state index contributed by atoms with van der Waals surface area (Å²) < 4.78 is 16.2. The predicted molar refractivity (Wildman–Crippen MR) is 128 cm³/mol. The molecule has 186 valence electrons. The highest BCUT2D eigenvalue weighted by atomic mass is 35.5. The minimum Gasteiger partial charge on any atom is -0.394 e. The van der Waals surface area contributed by atoms with Gasteiger partial charge >= 0.3 is 0 Å². The smallest absolute Gasteiger partial charge is 0.140 e. The number of halogens is 1. The lowest BCUT2D eigenvalue weighted by Gasteiger charge is -2.42. The van der Waals surface area contributed by atoms with Crippen molar-refractivity contribution >= 4 is 17.3 Å². The summed E-state index contributed by atoms with van der Waals surface area (Å²) in [5.41, 5.74) is 4.37. The van der Waals surface area contributed by atoms with Crippen LogP contribution in [0.25, 0.3) is 0 Å². The molecule has 3 N–H and O–H groups in total. The quantitative estimate of drug-likeness (QED) is 0.265. The zero-order valence-corrected chi connectivity index (χ0v) is 20.3. The normalized spacial score (nSPS) is 25.4. The Morgan fingerprint density at radius 1 is 1.06 bits per heavy atom. The molecule has 1 fully saturated rings. The minimum atomic E-state index is -1.24. The maximum Gasteiger partial charge on any atom is 0.140 e. The number of benzene rings is 2. The molecule has 0 saturated carbocycles. The first-order chi connectivity index (χ1) is 16.4. The van der Waals surface area contributed by atoms with E-state index >= 15 is 0 Å². The summed E-state index contributed by atoms with van der Waals surface area (Å²) in [6.45, 7) is 2.33. The molecule has 0 aromatic heterocycles. The van der Waals surface area contributed by atoms with E-state index in [1.54, 1.807) is 19.2 Å². The molecule has 2 aromatic rings. The highest BCUT2D eigenvalue weighted by molar-refractivity contribution is 6.31. The topological polar surface area (TPSA) is 110 Å². The molecule has 1 aliphatic heterocycles. The van der Waals surface area contributed by atoms with Crippen molar-refractivity contribution in [2.75, 3.05) is 34.0 Å². The van der Waals surface area contributed by atoms with Crippen LogP contribution in [0.4, 0.5) is 0 Å². The van der Waals surface area contributed by atoms with Crippen molar-refractivity contribution in [2.24, 2.45) is 5.16 Å². The molecule has 5 unspecified atom stereocenters. The number of nitrogens with zero attached hydrogens (tertiary/aromatic N) is 1. The molecular formula is C25H32ClNO7. The van der Waals surface area contributed by atoms with Gasteiger partial charge in [0, 0.05) is 19.2 Å². The van der Waals surface area contributed by atoms with Crippen LogP contribution in [0.1, 0.15) is 35.3 Å². The average Bonchev–Trinajstić information content (AvgIpc) is 2.85. The number of ether oxygens (including phenoxy) is 3. The maximum atomic E-state index is 10.5. The van der Waals surface area contributed by atoms with Gasteiger partial charge in [-0.3, -0.25) is 0 Å². The molecule has 34 heavy (non-hydrogen) atoms. The first kappa shape index (κ1) is 26.6. The number of hydrogen-bond donors (Lipinski definition) is 3. The van der Waals surface area contributed by atoms with Gasteiger partial charge in [-0.2, -0.15) is 0 Å². The second-order valence-electron chi connectivity index (χ2n) is 8.19. The number of aliphatic hydroxyl groups is 3. The standard InChI is InChI=1S/C25H32ClNO7/c1-15(27-33-11-10-31-2)17-6-4-16(5-7-17)12-19-13-18(8-9-20(19)26)24-25(32-3)23(30)22(29)21(14-28)34-24/h4-9,13,21-25,28-30H,10-12,14H2,1-3H3. The molecule has 5 atom stereocenters. The lowest BCUT2D eigenvalue weighted by molar-refractivity contribution is -0.238. The van der Waals surface area contributed by atoms with Gasteiger partial charge in [-0.1, -0.05) is 53.2 Å². The number of rotatable bonds is 10. The highest BCUT2D eigenvalue weighted by Crippen LogP contribution is 2.35. The Hall–Kier alpha value is -2.04. The van der Waals surface area contributed by atoms with Crippen LogP contribution in [0, 0.1) is 0 Å². The van der Waals surface area contributed by atoms with Crippen LogP contribution in [-0.4, -0.2) is 79.5 Å². The van der Waals surface area contributed by atoms with Gasteiger partial charge in [0.05, 0.1) is 18.9 Å². The molecule has 0 spiro atoms. The molecule has 1 saturated heterocycles. The van der Waals surface area contributed by atoms with Crippen LogP contribution >= 0.6 is 11.6 Å². The van der Waals surface area contributed by atoms with Gasteiger partial charge in [0.2, 0.25) is 0 Å². The van der Waals surface area contributed by atoms with Gasteiger partial charge in [-0.25, -0.2) is 0 Å². The number of hydrogen-bond acceptors (Lipinski definition) is 8. The van der Waals surface area contributed by atoms with Crippen molar-refractivity contribution < 1.29 is 34.4 Å². The van der Waals surface area contributed by atoms with E-state index in [0.29, 0.717) is 24.7 Å². The van der Waals surface area contributed by atoms with Crippen molar-refractivity contribution in [3.05, 3.63) is 69.7 Å². The third kappa shape index (κ3) is 6.34. The van der Waals surface area contributed by atoms with E-state index < -0.39 is 37.1 Å². The summed E-state index contributed by atoms with van der Waals surface area (Å²) in [6, 6.07) is 13.4. The third-order valence-electron chi connectivity index (χ3n) is 5.88. The fourth-order valence-corrected chi connectivity index (χ4v) is 4.11. The fourth-order valence-electron chi connectivity index (χ4n) is 3.93. The lowest BCUT2D eigenvalue weighted by Crippen LogP contribution is -2.55. The SMILES string of the molecule is COCCON=C(C)c1ccc(Cc2cc(C3OC(CO)C(O)C(O)C3OC)ccc2Cl)cc1.